The first-order valence-corrected chi connectivity index (χ1v) is 11.8. The lowest BCUT2D eigenvalue weighted by atomic mass is 10.0. The minimum Gasteiger partial charge on any atom is -0.398 e. The number of hydrogen-bond acceptors (Lipinski definition) is 2. The normalized spacial score (nSPS) is 12.2. The number of hydrogen-bond donors (Lipinski definition) is 2. The van der Waals surface area contributed by atoms with Crippen LogP contribution in [0.3, 0.4) is 0 Å². The highest BCUT2D eigenvalue weighted by molar-refractivity contribution is 6.35. The first kappa shape index (κ1) is 18.6. The summed E-state index contributed by atoms with van der Waals surface area (Å²) in [5.41, 5.74) is 13.4. The highest BCUT2D eigenvalue weighted by Gasteiger charge is 2.25. The van der Waals surface area contributed by atoms with E-state index < -0.39 is 0 Å². The van der Waals surface area contributed by atoms with E-state index in [1.807, 2.05) is 30.3 Å². The molecule has 35 heavy (non-hydrogen) atoms. The fourth-order valence-corrected chi connectivity index (χ4v) is 6.02. The molecule has 4 heteroatoms. The first-order valence-electron chi connectivity index (χ1n) is 11.8. The molecule has 0 atom stereocenters. The molecular weight excluding hydrogens is 428 g/mol. The highest BCUT2D eigenvalue weighted by Crippen LogP contribution is 2.45. The van der Waals surface area contributed by atoms with Gasteiger partial charge in [-0.15, -0.1) is 0 Å². The number of nitrogens with two attached hydrogens (primary N) is 1. The molecule has 0 aliphatic carbocycles. The van der Waals surface area contributed by atoms with Crippen LogP contribution in [0.2, 0.25) is 0 Å². The van der Waals surface area contributed by atoms with Crippen molar-refractivity contribution < 1.29 is 0 Å². The molecule has 0 spiro atoms. The molecule has 8 aromatic rings. The van der Waals surface area contributed by atoms with E-state index in [9.17, 15) is 5.41 Å². The summed E-state index contributed by atoms with van der Waals surface area (Å²) in [5.74, 6) is 0.386. The van der Waals surface area contributed by atoms with Gasteiger partial charge in [-0.25, -0.2) is 0 Å². The van der Waals surface area contributed by atoms with Crippen molar-refractivity contribution in [2.45, 2.75) is 0 Å². The summed E-state index contributed by atoms with van der Waals surface area (Å²) < 4.78 is 4.48. The van der Waals surface area contributed by atoms with Gasteiger partial charge in [-0.05, 0) is 36.4 Å². The summed E-state index contributed by atoms with van der Waals surface area (Å²) in [7, 11) is 0. The van der Waals surface area contributed by atoms with Crippen molar-refractivity contribution in [3.63, 3.8) is 0 Å². The van der Waals surface area contributed by atoms with Crippen LogP contribution in [0, 0.1) is 5.41 Å². The Morgan fingerprint density at radius 1 is 0.571 bits per heavy atom. The second-order valence-electron chi connectivity index (χ2n) is 9.20. The van der Waals surface area contributed by atoms with Gasteiger partial charge in [-0.1, -0.05) is 66.7 Å². The van der Waals surface area contributed by atoms with Crippen molar-refractivity contribution in [3.05, 3.63) is 109 Å². The van der Waals surface area contributed by atoms with Gasteiger partial charge in [0.15, 0.2) is 0 Å². The summed E-state index contributed by atoms with van der Waals surface area (Å²) in [6, 6.07) is 35.6. The molecule has 0 aliphatic rings. The molecule has 0 saturated heterocycles. The Kier molecular flexibility index (Phi) is 3.39. The van der Waals surface area contributed by atoms with Crippen LogP contribution in [0.5, 0.6) is 0 Å². The molecule has 4 nitrogen and oxygen atoms in total. The zero-order valence-electron chi connectivity index (χ0n) is 18.8. The molecule has 0 amide bonds. The molecular formula is C31H20N4. The molecule has 0 saturated carbocycles. The standard InChI is InChI=1S/C31H20N4/c32-24-13-5-1-11-20(24)31(33)35-26-15-7-3-10-19(26)23-17-22-18-9-2-6-14-25(18)34-27-16-8-4-12-21(27)28(29(22)34)30(23)35/h1-17,33H,32H2. The number of rotatable bonds is 1. The molecule has 0 aliphatic heterocycles. The van der Waals surface area contributed by atoms with Crippen molar-refractivity contribution in [1.29, 1.82) is 5.41 Å². The van der Waals surface area contributed by atoms with Gasteiger partial charge in [0.2, 0.25) is 0 Å². The van der Waals surface area contributed by atoms with Crippen LogP contribution in [-0.4, -0.2) is 14.8 Å². The fraction of sp³-hybridized carbons (Fsp3) is 0. The van der Waals surface area contributed by atoms with Crippen molar-refractivity contribution in [2.75, 3.05) is 5.73 Å². The predicted octanol–water partition coefficient (Wildman–Crippen LogP) is 7.40. The molecule has 0 unspecified atom stereocenters. The Morgan fingerprint density at radius 2 is 1.11 bits per heavy atom. The zero-order chi connectivity index (χ0) is 23.3. The van der Waals surface area contributed by atoms with Crippen LogP contribution in [0.25, 0.3) is 59.9 Å². The van der Waals surface area contributed by atoms with Crippen LogP contribution in [0.4, 0.5) is 5.69 Å². The molecule has 3 aromatic heterocycles. The van der Waals surface area contributed by atoms with E-state index in [0.717, 1.165) is 27.4 Å². The van der Waals surface area contributed by atoms with Gasteiger partial charge in [0.1, 0.15) is 5.84 Å². The van der Waals surface area contributed by atoms with Gasteiger partial charge >= 0.3 is 0 Å². The smallest absolute Gasteiger partial charge is 0.139 e. The van der Waals surface area contributed by atoms with Gasteiger partial charge in [-0.2, -0.15) is 0 Å². The second kappa shape index (κ2) is 6.39. The average Bonchev–Trinajstić information content (AvgIpc) is 3.53. The molecule has 5 aromatic carbocycles. The number of nitrogens with one attached hydrogen (secondary N) is 1. The van der Waals surface area contributed by atoms with Gasteiger partial charge in [-0.3, -0.25) is 9.98 Å². The third kappa shape index (κ3) is 2.19. The average molecular weight is 449 g/mol. The number of nitrogens with zero attached hydrogens (tertiary/aromatic N) is 2. The third-order valence-corrected chi connectivity index (χ3v) is 7.44. The summed E-state index contributed by atoms with van der Waals surface area (Å²) in [6.45, 7) is 0. The molecule has 164 valence electrons. The molecule has 0 bridgehead atoms. The maximum Gasteiger partial charge on any atom is 0.139 e. The summed E-state index contributed by atoms with van der Waals surface area (Å²) in [5, 5.41) is 16.5. The summed E-state index contributed by atoms with van der Waals surface area (Å²) in [6.07, 6.45) is 0. The van der Waals surface area contributed by atoms with Gasteiger partial charge in [0, 0.05) is 43.6 Å². The van der Waals surface area contributed by atoms with E-state index in [0.29, 0.717) is 11.5 Å². The highest BCUT2D eigenvalue weighted by atomic mass is 15.0. The van der Waals surface area contributed by atoms with E-state index in [-0.39, 0.29) is 0 Å². The second-order valence-corrected chi connectivity index (χ2v) is 9.20. The van der Waals surface area contributed by atoms with Crippen LogP contribution < -0.4 is 5.73 Å². The Hall–Kier alpha value is -4.83. The van der Waals surface area contributed by atoms with Gasteiger partial charge in [0.25, 0.3) is 0 Å². The van der Waals surface area contributed by atoms with Crippen LogP contribution in [0.15, 0.2) is 103 Å². The number of nitrogen functional groups attached to an aromatic ring is 1. The van der Waals surface area contributed by atoms with Gasteiger partial charge in [0.05, 0.1) is 27.6 Å². The monoisotopic (exact) mass is 448 g/mol. The largest absolute Gasteiger partial charge is 0.398 e. The number of anilines is 1. The van der Waals surface area contributed by atoms with Crippen molar-refractivity contribution in [3.8, 4) is 0 Å². The number of benzene rings is 5. The number of aromatic nitrogens is 2. The topological polar surface area (TPSA) is 59.2 Å². The van der Waals surface area contributed by atoms with E-state index in [1.165, 1.54) is 38.1 Å². The molecule has 0 radical (unpaired) electrons. The van der Waals surface area contributed by atoms with Crippen molar-refractivity contribution in [2.24, 2.45) is 0 Å². The predicted molar refractivity (Wildman–Crippen MR) is 147 cm³/mol. The molecule has 3 N–H and O–H groups in total. The van der Waals surface area contributed by atoms with Crippen LogP contribution >= 0.6 is 0 Å². The lowest BCUT2D eigenvalue weighted by Crippen LogP contribution is -2.13. The molecule has 3 heterocycles. The van der Waals surface area contributed by atoms with E-state index in [4.69, 9.17) is 5.73 Å². The summed E-state index contributed by atoms with van der Waals surface area (Å²) >= 11 is 0. The Balaban J connectivity index is 1.70. The minimum absolute atomic E-state index is 0.386. The van der Waals surface area contributed by atoms with Crippen molar-refractivity contribution >= 4 is 71.4 Å². The van der Waals surface area contributed by atoms with Crippen LogP contribution in [0.1, 0.15) is 5.56 Å². The number of fused-ring (bicyclic) bond motifs is 10. The maximum absolute atomic E-state index is 9.36. The maximum atomic E-state index is 9.36. The lowest BCUT2D eigenvalue weighted by Gasteiger charge is -2.12. The summed E-state index contributed by atoms with van der Waals surface area (Å²) in [4.78, 5) is 0. The van der Waals surface area contributed by atoms with Gasteiger partial charge < -0.3 is 10.1 Å². The quantitative estimate of drug-likeness (QED) is 0.153. The van der Waals surface area contributed by atoms with E-state index >= 15 is 0 Å². The minimum atomic E-state index is 0.386. The lowest BCUT2D eigenvalue weighted by molar-refractivity contribution is 1.23. The van der Waals surface area contributed by atoms with E-state index in [1.54, 1.807) is 0 Å². The SMILES string of the molecule is N=C(c1ccccc1N)n1c2ccccc2c2cc3c4ccccc4n4c5ccccc5c(c21)c34. The molecule has 8 rings (SSSR count). The Morgan fingerprint density at radius 3 is 1.86 bits per heavy atom. The Labute approximate surface area is 200 Å². The fourth-order valence-electron chi connectivity index (χ4n) is 6.02. The van der Waals surface area contributed by atoms with Crippen LogP contribution in [-0.2, 0) is 0 Å². The Bertz CT molecular complexity index is 2140. The van der Waals surface area contributed by atoms with Crippen molar-refractivity contribution in [1.82, 2.24) is 8.97 Å². The third-order valence-electron chi connectivity index (χ3n) is 7.44. The number of para-hydroxylation sites is 4. The first-order chi connectivity index (χ1) is 17.2. The van der Waals surface area contributed by atoms with E-state index in [2.05, 4.69) is 81.8 Å². The molecule has 0 fully saturated rings. The zero-order valence-corrected chi connectivity index (χ0v) is 18.8.